The van der Waals surface area contributed by atoms with E-state index in [9.17, 15) is 0 Å². The molecule has 0 unspecified atom stereocenters. The molecule has 9 heavy (non-hydrogen) atoms. The highest BCUT2D eigenvalue weighted by Gasteiger charge is 2.24. The van der Waals surface area contributed by atoms with Crippen LogP contribution in [0.5, 0.6) is 0 Å². The molecule has 0 fully saturated rings. The molecular weight excluding hydrogens is 112 g/mol. The Morgan fingerprint density at radius 3 is 2.22 bits per heavy atom. The maximum Gasteiger partial charge on any atom is 0.0876 e. The van der Waals surface area contributed by atoms with E-state index in [4.69, 9.17) is 0 Å². The minimum absolute atomic E-state index is 0.0972. The first-order valence-electron chi connectivity index (χ1n) is 3.38. The largest absolute Gasteiger partial charge is 0.299 e. The summed E-state index contributed by atoms with van der Waals surface area (Å²) in [5, 5.41) is 6.46. The Kier molecular flexibility index (Phi) is 1.88. The van der Waals surface area contributed by atoms with Crippen molar-refractivity contribution in [2.75, 3.05) is 14.1 Å². The minimum Gasteiger partial charge on any atom is -0.299 e. The second kappa shape index (κ2) is 2.50. The second-order valence-corrected chi connectivity index (χ2v) is 2.41. The number of allylic oxidation sites excluding steroid dienone is 1. The van der Waals surface area contributed by atoms with Crippen molar-refractivity contribution in [2.45, 2.75) is 18.5 Å². The third-order valence-electron chi connectivity index (χ3n) is 2.00. The fraction of sp³-hybridized carbons (Fsp3) is 0.714. The molecule has 0 amide bonds. The standard InChI is InChI=1S/C7H14N2/c1-8-7(9-2)5-3-4-6-7/h3,5,8-9H,4,6H2,1-2H3. The van der Waals surface area contributed by atoms with Crippen LogP contribution < -0.4 is 10.6 Å². The van der Waals surface area contributed by atoms with Gasteiger partial charge in [-0.2, -0.15) is 0 Å². The molecule has 52 valence electrons. The molecular formula is C7H14N2. The summed E-state index contributed by atoms with van der Waals surface area (Å²) in [6, 6.07) is 0. The van der Waals surface area contributed by atoms with E-state index in [1.807, 2.05) is 14.1 Å². The first-order valence-corrected chi connectivity index (χ1v) is 3.38. The van der Waals surface area contributed by atoms with Crippen LogP contribution >= 0.6 is 0 Å². The Morgan fingerprint density at radius 2 is 2.00 bits per heavy atom. The van der Waals surface area contributed by atoms with Gasteiger partial charge < -0.3 is 0 Å². The molecule has 1 aliphatic rings. The molecule has 0 spiro atoms. The summed E-state index contributed by atoms with van der Waals surface area (Å²) in [7, 11) is 3.96. The molecule has 0 aromatic rings. The van der Waals surface area contributed by atoms with Crippen LogP contribution in [0.2, 0.25) is 0 Å². The van der Waals surface area contributed by atoms with Gasteiger partial charge in [0.1, 0.15) is 0 Å². The van der Waals surface area contributed by atoms with Crippen molar-refractivity contribution in [1.29, 1.82) is 0 Å². The highest BCUT2D eigenvalue weighted by Crippen LogP contribution is 2.17. The van der Waals surface area contributed by atoms with Crippen LogP contribution in [-0.4, -0.2) is 19.8 Å². The van der Waals surface area contributed by atoms with E-state index < -0.39 is 0 Å². The van der Waals surface area contributed by atoms with Crippen molar-refractivity contribution in [3.63, 3.8) is 0 Å². The molecule has 0 atom stereocenters. The Bertz CT molecular complexity index is 114. The molecule has 0 aliphatic heterocycles. The molecule has 0 saturated carbocycles. The summed E-state index contributed by atoms with van der Waals surface area (Å²) >= 11 is 0. The monoisotopic (exact) mass is 126 g/mol. The zero-order valence-electron chi connectivity index (χ0n) is 6.07. The average Bonchev–Trinajstić information content (AvgIpc) is 2.36. The van der Waals surface area contributed by atoms with Gasteiger partial charge in [-0.15, -0.1) is 0 Å². The predicted octanol–water partition coefficient (Wildman–Crippen LogP) is 0.471. The van der Waals surface area contributed by atoms with Gasteiger partial charge in [-0.3, -0.25) is 10.6 Å². The molecule has 2 N–H and O–H groups in total. The number of nitrogens with one attached hydrogen (secondary N) is 2. The van der Waals surface area contributed by atoms with Crippen LogP contribution in [0.1, 0.15) is 12.8 Å². The second-order valence-electron chi connectivity index (χ2n) is 2.41. The van der Waals surface area contributed by atoms with Crippen molar-refractivity contribution < 1.29 is 0 Å². The Labute approximate surface area is 56.3 Å². The van der Waals surface area contributed by atoms with Gasteiger partial charge in [0.05, 0.1) is 5.66 Å². The Balaban J connectivity index is 2.57. The summed E-state index contributed by atoms with van der Waals surface area (Å²) in [4.78, 5) is 0. The number of hydrogen-bond donors (Lipinski definition) is 2. The van der Waals surface area contributed by atoms with Gasteiger partial charge in [0.25, 0.3) is 0 Å². The van der Waals surface area contributed by atoms with Gasteiger partial charge in [-0.1, -0.05) is 12.2 Å². The fourth-order valence-electron chi connectivity index (χ4n) is 1.22. The number of hydrogen-bond acceptors (Lipinski definition) is 2. The molecule has 1 aliphatic carbocycles. The van der Waals surface area contributed by atoms with Gasteiger partial charge in [-0.25, -0.2) is 0 Å². The van der Waals surface area contributed by atoms with Crippen molar-refractivity contribution in [1.82, 2.24) is 10.6 Å². The topological polar surface area (TPSA) is 24.1 Å². The lowest BCUT2D eigenvalue weighted by Gasteiger charge is -2.25. The van der Waals surface area contributed by atoms with Gasteiger partial charge in [-0.05, 0) is 26.9 Å². The molecule has 0 heterocycles. The van der Waals surface area contributed by atoms with Crippen LogP contribution in [0, 0.1) is 0 Å². The van der Waals surface area contributed by atoms with Crippen molar-refractivity contribution in [3.05, 3.63) is 12.2 Å². The Hall–Kier alpha value is -0.340. The third-order valence-corrected chi connectivity index (χ3v) is 2.00. The summed E-state index contributed by atoms with van der Waals surface area (Å²) < 4.78 is 0. The van der Waals surface area contributed by atoms with Crippen LogP contribution in [0.4, 0.5) is 0 Å². The van der Waals surface area contributed by atoms with Gasteiger partial charge >= 0.3 is 0 Å². The van der Waals surface area contributed by atoms with E-state index in [1.165, 1.54) is 12.8 Å². The highest BCUT2D eigenvalue weighted by atomic mass is 15.2. The number of likely N-dealkylation sites (N-methyl/N-ethyl adjacent to an activating group) is 2. The van der Waals surface area contributed by atoms with E-state index in [-0.39, 0.29) is 5.66 Å². The predicted molar refractivity (Wildman–Crippen MR) is 39.2 cm³/mol. The maximum atomic E-state index is 3.23. The fourth-order valence-corrected chi connectivity index (χ4v) is 1.22. The summed E-state index contributed by atoms with van der Waals surface area (Å²) in [5.41, 5.74) is 0.0972. The summed E-state index contributed by atoms with van der Waals surface area (Å²) in [5.74, 6) is 0. The van der Waals surface area contributed by atoms with Crippen molar-refractivity contribution in [2.24, 2.45) is 0 Å². The van der Waals surface area contributed by atoms with E-state index in [0.717, 1.165) is 0 Å². The molecule has 0 bridgehead atoms. The molecule has 0 saturated heterocycles. The quantitative estimate of drug-likeness (QED) is 0.415. The molecule has 2 nitrogen and oxygen atoms in total. The van der Waals surface area contributed by atoms with Gasteiger partial charge in [0.2, 0.25) is 0 Å². The molecule has 2 heteroatoms. The molecule has 0 aromatic heterocycles. The lowest BCUT2D eigenvalue weighted by Crippen LogP contribution is -2.50. The SMILES string of the molecule is CNC1(NC)C=CCC1. The van der Waals surface area contributed by atoms with Crippen molar-refractivity contribution in [3.8, 4) is 0 Å². The van der Waals surface area contributed by atoms with Crippen molar-refractivity contribution >= 4 is 0 Å². The first kappa shape index (κ1) is 6.78. The number of rotatable bonds is 2. The lowest BCUT2D eigenvalue weighted by molar-refractivity contribution is 0.369. The summed E-state index contributed by atoms with van der Waals surface area (Å²) in [6.07, 6.45) is 6.74. The molecule has 1 rings (SSSR count). The third kappa shape index (κ3) is 1.14. The van der Waals surface area contributed by atoms with Crippen LogP contribution in [0.3, 0.4) is 0 Å². The molecule has 0 radical (unpaired) electrons. The van der Waals surface area contributed by atoms with E-state index in [0.29, 0.717) is 0 Å². The van der Waals surface area contributed by atoms with E-state index >= 15 is 0 Å². The highest BCUT2D eigenvalue weighted by molar-refractivity contribution is 5.10. The minimum atomic E-state index is 0.0972. The Morgan fingerprint density at radius 1 is 1.33 bits per heavy atom. The van der Waals surface area contributed by atoms with E-state index in [1.54, 1.807) is 0 Å². The van der Waals surface area contributed by atoms with Crippen LogP contribution in [-0.2, 0) is 0 Å². The van der Waals surface area contributed by atoms with Gasteiger partial charge in [0, 0.05) is 0 Å². The zero-order chi connectivity index (χ0) is 6.74. The van der Waals surface area contributed by atoms with E-state index in [2.05, 4.69) is 22.8 Å². The van der Waals surface area contributed by atoms with Crippen LogP contribution in [0.15, 0.2) is 12.2 Å². The van der Waals surface area contributed by atoms with Gasteiger partial charge in [0.15, 0.2) is 0 Å². The molecule has 0 aromatic carbocycles. The normalized spacial score (nSPS) is 22.9. The zero-order valence-corrected chi connectivity index (χ0v) is 6.07. The smallest absolute Gasteiger partial charge is 0.0876 e. The summed E-state index contributed by atoms with van der Waals surface area (Å²) in [6.45, 7) is 0. The average molecular weight is 126 g/mol. The lowest BCUT2D eigenvalue weighted by atomic mass is 10.1. The van der Waals surface area contributed by atoms with Crippen LogP contribution in [0.25, 0.3) is 0 Å². The first-order chi connectivity index (χ1) is 4.33. The maximum absolute atomic E-state index is 3.23.